The van der Waals surface area contributed by atoms with E-state index in [0.29, 0.717) is 12.0 Å². The van der Waals surface area contributed by atoms with E-state index in [1.807, 2.05) is 26.0 Å². The van der Waals surface area contributed by atoms with Gasteiger partial charge in [-0.05, 0) is 12.0 Å². The monoisotopic (exact) mass is 213 g/mol. The van der Waals surface area contributed by atoms with Crippen molar-refractivity contribution in [2.45, 2.75) is 20.3 Å². The van der Waals surface area contributed by atoms with E-state index >= 15 is 0 Å². The van der Waals surface area contributed by atoms with Crippen molar-refractivity contribution in [1.29, 1.82) is 10.5 Å². The number of Topliss-reactive ketones (excluding diaryl/α,β-unsaturated/α-hetero) is 1. The van der Waals surface area contributed by atoms with Gasteiger partial charge in [-0.3, -0.25) is 4.79 Å². The molecule has 0 amide bonds. The molecule has 16 heavy (non-hydrogen) atoms. The van der Waals surface area contributed by atoms with Crippen molar-refractivity contribution in [3.8, 4) is 12.1 Å². The van der Waals surface area contributed by atoms with Crippen molar-refractivity contribution in [2.75, 3.05) is 0 Å². The van der Waals surface area contributed by atoms with Crippen LogP contribution in [0.4, 0.5) is 0 Å². The number of hydrogen-bond acceptors (Lipinski definition) is 4. The van der Waals surface area contributed by atoms with Gasteiger partial charge in [-0.1, -0.05) is 13.8 Å². The minimum atomic E-state index is -0.108. The van der Waals surface area contributed by atoms with Crippen molar-refractivity contribution in [3.05, 3.63) is 29.1 Å². The quantitative estimate of drug-likeness (QED) is 0.720. The summed E-state index contributed by atoms with van der Waals surface area (Å²) < 4.78 is 0. The minimum Gasteiger partial charge on any atom is -0.294 e. The lowest BCUT2D eigenvalue weighted by molar-refractivity contribution is 0.0967. The third kappa shape index (κ3) is 2.65. The number of nitriles is 2. The van der Waals surface area contributed by atoms with E-state index in [1.54, 1.807) is 0 Å². The number of pyridine rings is 1. The van der Waals surface area contributed by atoms with Gasteiger partial charge in [-0.15, -0.1) is 0 Å². The molecule has 4 nitrogen and oxygen atoms in total. The zero-order valence-electron chi connectivity index (χ0n) is 9.19. The fourth-order valence-electron chi connectivity index (χ4n) is 1.31. The summed E-state index contributed by atoms with van der Waals surface area (Å²) in [6.07, 6.45) is 1.68. The third-order valence-corrected chi connectivity index (χ3v) is 2.03. The smallest absolute Gasteiger partial charge is 0.166 e. The SMILES string of the molecule is CC(C)CC(=O)c1cnc(C#N)cc1C#N. The van der Waals surface area contributed by atoms with Crippen molar-refractivity contribution in [3.63, 3.8) is 0 Å². The Bertz CT molecular complexity index is 492. The molecule has 1 rings (SSSR count). The summed E-state index contributed by atoms with van der Waals surface area (Å²) in [5, 5.41) is 17.5. The van der Waals surface area contributed by atoms with Gasteiger partial charge in [0.25, 0.3) is 0 Å². The number of rotatable bonds is 3. The zero-order chi connectivity index (χ0) is 12.1. The molecule has 0 saturated carbocycles. The van der Waals surface area contributed by atoms with Crippen molar-refractivity contribution < 1.29 is 4.79 Å². The average Bonchev–Trinajstić information content (AvgIpc) is 2.27. The Morgan fingerprint density at radius 2 is 2.12 bits per heavy atom. The second-order valence-electron chi connectivity index (χ2n) is 3.86. The van der Waals surface area contributed by atoms with E-state index in [9.17, 15) is 4.79 Å². The lowest BCUT2D eigenvalue weighted by Crippen LogP contribution is -2.07. The Morgan fingerprint density at radius 3 is 2.62 bits per heavy atom. The number of hydrogen-bond donors (Lipinski definition) is 0. The molecular formula is C12H11N3O. The van der Waals surface area contributed by atoms with Gasteiger partial charge in [-0.25, -0.2) is 4.98 Å². The summed E-state index contributed by atoms with van der Waals surface area (Å²) in [7, 11) is 0. The average molecular weight is 213 g/mol. The zero-order valence-corrected chi connectivity index (χ0v) is 9.19. The lowest BCUT2D eigenvalue weighted by atomic mass is 9.99. The van der Waals surface area contributed by atoms with Gasteiger partial charge in [-0.2, -0.15) is 10.5 Å². The Labute approximate surface area is 94.2 Å². The minimum absolute atomic E-state index is 0.108. The highest BCUT2D eigenvalue weighted by atomic mass is 16.1. The topological polar surface area (TPSA) is 77.5 Å². The maximum atomic E-state index is 11.8. The molecule has 0 bridgehead atoms. The van der Waals surface area contributed by atoms with Crippen LogP contribution in [0.2, 0.25) is 0 Å². The first-order valence-electron chi connectivity index (χ1n) is 4.92. The molecule has 4 heteroatoms. The molecule has 0 aliphatic heterocycles. The highest BCUT2D eigenvalue weighted by Crippen LogP contribution is 2.13. The molecule has 0 saturated heterocycles. The van der Waals surface area contributed by atoms with Crippen LogP contribution in [0.25, 0.3) is 0 Å². The summed E-state index contributed by atoms with van der Waals surface area (Å²) in [6, 6.07) is 5.09. The van der Waals surface area contributed by atoms with Gasteiger partial charge in [0.15, 0.2) is 5.78 Å². The van der Waals surface area contributed by atoms with Crippen LogP contribution in [0.1, 0.15) is 41.9 Å². The second kappa shape index (κ2) is 5.04. The molecule has 1 aromatic rings. The van der Waals surface area contributed by atoms with E-state index in [0.717, 1.165) is 0 Å². The van der Waals surface area contributed by atoms with Crippen LogP contribution in [0.3, 0.4) is 0 Å². The van der Waals surface area contributed by atoms with Gasteiger partial charge in [0.1, 0.15) is 17.8 Å². The molecule has 1 aromatic heterocycles. The van der Waals surface area contributed by atoms with E-state index < -0.39 is 0 Å². The molecule has 0 aliphatic carbocycles. The Morgan fingerprint density at radius 1 is 1.44 bits per heavy atom. The molecule has 0 aromatic carbocycles. The van der Waals surface area contributed by atoms with Crippen molar-refractivity contribution in [1.82, 2.24) is 4.98 Å². The van der Waals surface area contributed by atoms with Crippen molar-refractivity contribution >= 4 is 5.78 Å². The largest absolute Gasteiger partial charge is 0.294 e. The molecule has 0 N–H and O–H groups in total. The third-order valence-electron chi connectivity index (χ3n) is 2.03. The molecular weight excluding hydrogens is 202 g/mol. The van der Waals surface area contributed by atoms with E-state index in [1.165, 1.54) is 12.3 Å². The van der Waals surface area contributed by atoms with Gasteiger partial charge in [0, 0.05) is 12.6 Å². The van der Waals surface area contributed by atoms with Crippen LogP contribution in [-0.4, -0.2) is 10.8 Å². The summed E-state index contributed by atoms with van der Waals surface area (Å²) in [6.45, 7) is 3.86. The molecule has 0 unspecified atom stereocenters. The van der Waals surface area contributed by atoms with Gasteiger partial charge >= 0.3 is 0 Å². The van der Waals surface area contributed by atoms with Crippen LogP contribution in [0.15, 0.2) is 12.3 Å². The first-order chi connectivity index (χ1) is 7.58. The Hall–Kier alpha value is -2.20. The number of aromatic nitrogens is 1. The first-order valence-corrected chi connectivity index (χ1v) is 4.92. The molecule has 80 valence electrons. The van der Waals surface area contributed by atoms with E-state index in [-0.39, 0.29) is 23.0 Å². The van der Waals surface area contributed by atoms with Crippen LogP contribution in [0, 0.1) is 28.6 Å². The molecule has 0 radical (unpaired) electrons. The maximum Gasteiger partial charge on any atom is 0.166 e. The highest BCUT2D eigenvalue weighted by molar-refractivity contribution is 5.98. The highest BCUT2D eigenvalue weighted by Gasteiger charge is 2.14. The predicted octanol–water partition coefficient (Wildman–Crippen LogP) is 2.05. The van der Waals surface area contributed by atoms with Gasteiger partial charge < -0.3 is 0 Å². The normalized spacial score (nSPS) is 9.56. The van der Waals surface area contributed by atoms with Crippen LogP contribution >= 0.6 is 0 Å². The molecule has 1 heterocycles. The lowest BCUT2D eigenvalue weighted by Gasteiger charge is -2.05. The van der Waals surface area contributed by atoms with E-state index in [4.69, 9.17) is 10.5 Å². The summed E-state index contributed by atoms with van der Waals surface area (Å²) >= 11 is 0. The summed E-state index contributed by atoms with van der Waals surface area (Å²) in [5.74, 6) is 0.123. The molecule has 0 aliphatic rings. The second-order valence-corrected chi connectivity index (χ2v) is 3.86. The first kappa shape index (κ1) is 11.9. The predicted molar refractivity (Wildman–Crippen MR) is 57.5 cm³/mol. The standard InChI is InChI=1S/C12H11N3O/c1-8(2)3-12(16)11-7-15-10(6-14)4-9(11)5-13/h4,7-8H,3H2,1-2H3. The molecule has 0 spiro atoms. The number of nitrogens with zero attached hydrogens (tertiary/aromatic N) is 3. The van der Waals surface area contributed by atoms with Crippen LogP contribution in [-0.2, 0) is 0 Å². The summed E-state index contributed by atoms with van der Waals surface area (Å²) in [4.78, 5) is 15.6. The van der Waals surface area contributed by atoms with Crippen LogP contribution < -0.4 is 0 Å². The Kier molecular flexibility index (Phi) is 3.74. The number of carbonyl (C=O) groups is 1. The Balaban J connectivity index is 3.11. The number of carbonyl (C=O) groups excluding carboxylic acids is 1. The maximum absolute atomic E-state index is 11.8. The number of ketones is 1. The van der Waals surface area contributed by atoms with Crippen LogP contribution in [0.5, 0.6) is 0 Å². The molecule has 0 atom stereocenters. The van der Waals surface area contributed by atoms with Gasteiger partial charge in [0.05, 0.1) is 11.1 Å². The fourth-order valence-corrected chi connectivity index (χ4v) is 1.31. The fraction of sp³-hybridized carbons (Fsp3) is 0.333. The summed E-state index contributed by atoms with van der Waals surface area (Å²) in [5.41, 5.74) is 0.671. The van der Waals surface area contributed by atoms with E-state index in [2.05, 4.69) is 4.98 Å². The molecule has 0 fully saturated rings. The van der Waals surface area contributed by atoms with Gasteiger partial charge in [0.2, 0.25) is 0 Å². The van der Waals surface area contributed by atoms with Crippen molar-refractivity contribution in [2.24, 2.45) is 5.92 Å².